The van der Waals surface area contributed by atoms with E-state index >= 15 is 0 Å². The maximum atomic E-state index is 5.61. The average Bonchev–Trinajstić information content (AvgIpc) is 2.55. The standard InChI is InChI=1S/C15H24N2O/c1-3-9-18-10-8-17-12-13(2)16-11-14-6-4-5-7-15(14)17/h4-7,13,16H,3,8-12H2,1-2H3. The van der Waals surface area contributed by atoms with Gasteiger partial charge in [0.1, 0.15) is 0 Å². The molecule has 0 aromatic heterocycles. The SMILES string of the molecule is CCCOCCN1CC(C)NCc2ccccc21. The van der Waals surface area contributed by atoms with Crippen molar-refractivity contribution < 1.29 is 4.74 Å². The van der Waals surface area contributed by atoms with Crippen LogP contribution in [0.3, 0.4) is 0 Å². The summed E-state index contributed by atoms with van der Waals surface area (Å²) in [5, 5.41) is 3.55. The van der Waals surface area contributed by atoms with Crippen LogP contribution in [0.2, 0.25) is 0 Å². The number of hydrogen-bond donors (Lipinski definition) is 1. The van der Waals surface area contributed by atoms with Crippen LogP contribution in [-0.2, 0) is 11.3 Å². The molecular weight excluding hydrogens is 224 g/mol. The number of nitrogens with zero attached hydrogens (tertiary/aromatic N) is 1. The Hall–Kier alpha value is -1.06. The molecule has 1 unspecified atom stereocenters. The van der Waals surface area contributed by atoms with Gasteiger partial charge in [0, 0.05) is 38.0 Å². The number of ether oxygens (including phenoxy) is 1. The fourth-order valence-corrected chi connectivity index (χ4v) is 2.38. The van der Waals surface area contributed by atoms with Crippen LogP contribution in [0.5, 0.6) is 0 Å². The van der Waals surface area contributed by atoms with Gasteiger partial charge in [-0.2, -0.15) is 0 Å². The molecule has 1 aromatic rings. The number of anilines is 1. The Morgan fingerprint density at radius 3 is 3.00 bits per heavy atom. The molecule has 1 aliphatic heterocycles. The van der Waals surface area contributed by atoms with Crippen molar-refractivity contribution >= 4 is 5.69 Å². The highest BCUT2D eigenvalue weighted by Gasteiger charge is 2.17. The molecule has 0 radical (unpaired) electrons. The van der Waals surface area contributed by atoms with Crippen LogP contribution in [0.15, 0.2) is 24.3 Å². The van der Waals surface area contributed by atoms with Crippen LogP contribution in [0.25, 0.3) is 0 Å². The van der Waals surface area contributed by atoms with Gasteiger partial charge in [-0.25, -0.2) is 0 Å². The molecule has 1 aliphatic rings. The lowest BCUT2D eigenvalue weighted by atomic mass is 10.1. The number of nitrogens with one attached hydrogen (secondary N) is 1. The van der Waals surface area contributed by atoms with Gasteiger partial charge in [-0.3, -0.25) is 0 Å². The van der Waals surface area contributed by atoms with Crippen molar-refractivity contribution in [3.63, 3.8) is 0 Å². The Labute approximate surface area is 110 Å². The maximum absolute atomic E-state index is 5.61. The van der Waals surface area contributed by atoms with Gasteiger partial charge >= 0.3 is 0 Å². The second-order valence-corrected chi connectivity index (χ2v) is 4.97. The fourth-order valence-electron chi connectivity index (χ4n) is 2.38. The molecule has 0 amide bonds. The quantitative estimate of drug-likeness (QED) is 0.810. The van der Waals surface area contributed by atoms with Crippen LogP contribution in [-0.4, -0.2) is 32.3 Å². The maximum Gasteiger partial charge on any atom is 0.0641 e. The van der Waals surface area contributed by atoms with Gasteiger partial charge in [0.25, 0.3) is 0 Å². The monoisotopic (exact) mass is 248 g/mol. The summed E-state index contributed by atoms with van der Waals surface area (Å²) in [6, 6.07) is 9.18. The number of rotatable bonds is 5. The van der Waals surface area contributed by atoms with Crippen molar-refractivity contribution in [1.29, 1.82) is 0 Å². The molecule has 0 saturated heterocycles. The first-order chi connectivity index (χ1) is 8.81. The summed E-state index contributed by atoms with van der Waals surface area (Å²) in [6.07, 6.45) is 1.09. The number of benzene rings is 1. The van der Waals surface area contributed by atoms with Gasteiger partial charge in [-0.1, -0.05) is 25.1 Å². The lowest BCUT2D eigenvalue weighted by Gasteiger charge is -2.26. The molecule has 0 fully saturated rings. The summed E-state index contributed by atoms with van der Waals surface area (Å²) < 4.78 is 5.61. The van der Waals surface area contributed by atoms with Crippen molar-refractivity contribution in [3.05, 3.63) is 29.8 Å². The zero-order valence-electron chi connectivity index (χ0n) is 11.5. The second kappa shape index (κ2) is 6.76. The number of hydrogen-bond acceptors (Lipinski definition) is 3. The average molecular weight is 248 g/mol. The lowest BCUT2D eigenvalue weighted by Crippen LogP contribution is -2.37. The van der Waals surface area contributed by atoms with E-state index in [1.807, 2.05) is 0 Å². The van der Waals surface area contributed by atoms with Crippen molar-refractivity contribution in [3.8, 4) is 0 Å². The topological polar surface area (TPSA) is 24.5 Å². The van der Waals surface area contributed by atoms with Crippen LogP contribution in [0.4, 0.5) is 5.69 Å². The van der Waals surface area contributed by atoms with Crippen molar-refractivity contribution in [2.45, 2.75) is 32.9 Å². The molecular formula is C15H24N2O. The highest BCUT2D eigenvalue weighted by atomic mass is 16.5. The molecule has 1 N–H and O–H groups in total. The molecule has 1 aromatic carbocycles. The smallest absolute Gasteiger partial charge is 0.0641 e. The van der Waals surface area contributed by atoms with Crippen molar-refractivity contribution in [2.75, 3.05) is 31.2 Å². The first-order valence-corrected chi connectivity index (χ1v) is 6.95. The van der Waals surface area contributed by atoms with E-state index in [1.165, 1.54) is 11.3 Å². The molecule has 100 valence electrons. The van der Waals surface area contributed by atoms with Crippen molar-refractivity contribution in [2.24, 2.45) is 0 Å². The Morgan fingerprint density at radius 2 is 2.17 bits per heavy atom. The van der Waals surface area contributed by atoms with Gasteiger partial charge in [0.05, 0.1) is 6.61 Å². The molecule has 1 heterocycles. The molecule has 18 heavy (non-hydrogen) atoms. The lowest BCUT2D eigenvalue weighted by molar-refractivity contribution is 0.140. The van der Waals surface area contributed by atoms with Crippen LogP contribution in [0.1, 0.15) is 25.8 Å². The van der Waals surface area contributed by atoms with E-state index in [0.29, 0.717) is 6.04 Å². The summed E-state index contributed by atoms with van der Waals surface area (Å²) in [4.78, 5) is 2.44. The fraction of sp³-hybridized carbons (Fsp3) is 0.600. The second-order valence-electron chi connectivity index (χ2n) is 4.97. The molecule has 1 atom stereocenters. The van der Waals surface area contributed by atoms with E-state index in [9.17, 15) is 0 Å². The normalized spacial score (nSPS) is 19.4. The van der Waals surface area contributed by atoms with Gasteiger partial charge in [-0.05, 0) is 25.0 Å². The van der Waals surface area contributed by atoms with Gasteiger partial charge in [-0.15, -0.1) is 0 Å². The molecule has 0 spiro atoms. The van der Waals surface area contributed by atoms with Gasteiger partial charge < -0.3 is 15.0 Å². The minimum absolute atomic E-state index is 0.517. The summed E-state index contributed by atoms with van der Waals surface area (Å²) in [5.41, 5.74) is 2.74. The summed E-state index contributed by atoms with van der Waals surface area (Å²) in [5.74, 6) is 0. The number of fused-ring (bicyclic) bond motifs is 1. The minimum Gasteiger partial charge on any atom is -0.380 e. The molecule has 0 aliphatic carbocycles. The Balaban J connectivity index is 2.02. The largest absolute Gasteiger partial charge is 0.380 e. The highest BCUT2D eigenvalue weighted by Crippen LogP contribution is 2.22. The molecule has 3 nitrogen and oxygen atoms in total. The Kier molecular flexibility index (Phi) is 5.02. The summed E-state index contributed by atoms with van der Waals surface area (Å²) >= 11 is 0. The molecule has 0 bridgehead atoms. The van der Waals surface area contributed by atoms with E-state index in [0.717, 1.165) is 39.3 Å². The zero-order chi connectivity index (χ0) is 12.8. The minimum atomic E-state index is 0.517. The first kappa shape index (κ1) is 13.4. The molecule has 0 saturated carbocycles. The predicted molar refractivity (Wildman–Crippen MR) is 76.1 cm³/mol. The van der Waals surface area contributed by atoms with Crippen LogP contribution >= 0.6 is 0 Å². The third-order valence-electron chi connectivity index (χ3n) is 3.32. The molecule has 2 rings (SSSR count). The van der Waals surface area contributed by atoms with E-state index in [2.05, 4.69) is 48.3 Å². The summed E-state index contributed by atoms with van der Waals surface area (Å²) in [7, 11) is 0. The zero-order valence-corrected chi connectivity index (χ0v) is 11.5. The number of para-hydroxylation sites is 1. The van der Waals surface area contributed by atoms with E-state index < -0.39 is 0 Å². The van der Waals surface area contributed by atoms with E-state index in [-0.39, 0.29) is 0 Å². The Bertz CT molecular complexity index is 367. The van der Waals surface area contributed by atoms with Crippen LogP contribution < -0.4 is 10.2 Å². The summed E-state index contributed by atoms with van der Waals surface area (Å²) in [6.45, 7) is 9.05. The first-order valence-electron chi connectivity index (χ1n) is 6.95. The predicted octanol–water partition coefficient (Wildman–Crippen LogP) is 2.41. The van der Waals surface area contributed by atoms with Crippen LogP contribution in [0, 0.1) is 0 Å². The van der Waals surface area contributed by atoms with Gasteiger partial charge in [0.2, 0.25) is 0 Å². The highest BCUT2D eigenvalue weighted by molar-refractivity contribution is 5.54. The third kappa shape index (κ3) is 3.47. The van der Waals surface area contributed by atoms with E-state index in [4.69, 9.17) is 4.74 Å². The third-order valence-corrected chi connectivity index (χ3v) is 3.32. The Morgan fingerprint density at radius 1 is 1.33 bits per heavy atom. The van der Waals surface area contributed by atoms with Crippen molar-refractivity contribution in [1.82, 2.24) is 5.32 Å². The van der Waals surface area contributed by atoms with E-state index in [1.54, 1.807) is 0 Å². The molecule has 3 heteroatoms. The van der Waals surface area contributed by atoms with Gasteiger partial charge in [0.15, 0.2) is 0 Å².